The second-order valence-electron chi connectivity index (χ2n) is 8.64. The first kappa shape index (κ1) is 20.3. The monoisotopic (exact) mass is 441 g/mol. The fraction of sp³-hybridized carbons (Fsp3) is 0.100. The molecule has 2 heterocycles. The molecule has 0 amide bonds. The predicted molar refractivity (Wildman–Crippen MR) is 138 cm³/mol. The van der Waals surface area contributed by atoms with Gasteiger partial charge in [0.15, 0.2) is 0 Å². The summed E-state index contributed by atoms with van der Waals surface area (Å²) in [7, 11) is 0. The Morgan fingerprint density at radius 1 is 0.853 bits per heavy atom. The fourth-order valence-electron chi connectivity index (χ4n) is 4.98. The van der Waals surface area contributed by atoms with Crippen molar-refractivity contribution in [2.45, 2.75) is 13.0 Å². The molecule has 4 nitrogen and oxygen atoms in total. The van der Waals surface area contributed by atoms with E-state index in [1.165, 1.54) is 16.5 Å². The van der Waals surface area contributed by atoms with Gasteiger partial charge in [0.25, 0.3) is 0 Å². The number of para-hydroxylation sites is 1. The van der Waals surface area contributed by atoms with Crippen molar-refractivity contribution in [3.63, 3.8) is 0 Å². The van der Waals surface area contributed by atoms with Crippen LogP contribution in [-0.4, -0.2) is 11.1 Å². The summed E-state index contributed by atoms with van der Waals surface area (Å²) in [6, 6.07) is 31.1. The third-order valence-electron chi connectivity index (χ3n) is 6.50. The zero-order valence-electron chi connectivity index (χ0n) is 18.7. The third kappa shape index (κ3) is 3.35. The maximum atomic E-state index is 9.26. The molecule has 6 rings (SSSR count). The van der Waals surface area contributed by atoms with Gasteiger partial charge in [-0.2, -0.15) is 5.26 Å². The van der Waals surface area contributed by atoms with Gasteiger partial charge in [0.1, 0.15) is 11.2 Å². The second kappa shape index (κ2) is 8.22. The molecule has 0 radical (unpaired) electrons. The molecular weight excluding hydrogens is 418 g/mol. The van der Waals surface area contributed by atoms with Crippen molar-refractivity contribution >= 4 is 32.8 Å². The first-order valence-electron chi connectivity index (χ1n) is 11.5. The molecule has 0 aliphatic rings. The Morgan fingerprint density at radius 3 is 2.59 bits per heavy atom. The standard InChI is InChI=1S/C30H23N3O/c31-14-13-23-19-33(18-21-6-3-5-20(15-21)17-32)27-12-11-22(16-26(23)27)24-8-4-10-29-30(24)25-7-1-2-9-28(25)34-29/h1-12,15-16,19H,13-14,18,31H2. The van der Waals surface area contributed by atoms with Gasteiger partial charge in [-0.25, -0.2) is 0 Å². The molecule has 0 unspecified atom stereocenters. The van der Waals surface area contributed by atoms with Crippen molar-refractivity contribution in [2.75, 3.05) is 6.54 Å². The van der Waals surface area contributed by atoms with Crippen LogP contribution in [0.15, 0.2) is 95.5 Å². The van der Waals surface area contributed by atoms with Gasteiger partial charge in [-0.15, -0.1) is 0 Å². The van der Waals surface area contributed by atoms with Gasteiger partial charge in [0.05, 0.1) is 11.6 Å². The third-order valence-corrected chi connectivity index (χ3v) is 6.50. The molecule has 0 atom stereocenters. The molecule has 34 heavy (non-hydrogen) atoms. The van der Waals surface area contributed by atoms with E-state index in [-0.39, 0.29) is 0 Å². The zero-order chi connectivity index (χ0) is 23.1. The normalized spacial score (nSPS) is 11.4. The molecule has 2 aromatic heterocycles. The summed E-state index contributed by atoms with van der Waals surface area (Å²) in [5.74, 6) is 0. The minimum Gasteiger partial charge on any atom is -0.456 e. The van der Waals surface area contributed by atoms with Gasteiger partial charge < -0.3 is 14.7 Å². The number of aromatic nitrogens is 1. The SMILES string of the molecule is N#Cc1cccc(Cn2cc(CCN)c3cc(-c4cccc5oc6ccccc6c45)ccc32)c1. The van der Waals surface area contributed by atoms with Crippen molar-refractivity contribution in [2.24, 2.45) is 5.73 Å². The number of fused-ring (bicyclic) bond motifs is 4. The lowest BCUT2D eigenvalue weighted by Crippen LogP contribution is -2.02. The number of hydrogen-bond donors (Lipinski definition) is 1. The summed E-state index contributed by atoms with van der Waals surface area (Å²) in [5, 5.41) is 12.7. The van der Waals surface area contributed by atoms with E-state index in [1.807, 2.05) is 36.4 Å². The van der Waals surface area contributed by atoms with Crippen LogP contribution in [0.25, 0.3) is 44.0 Å². The van der Waals surface area contributed by atoms with Crippen molar-refractivity contribution < 1.29 is 4.42 Å². The number of nitriles is 1. The molecule has 164 valence electrons. The molecule has 0 saturated heterocycles. The quantitative estimate of drug-likeness (QED) is 0.326. The summed E-state index contributed by atoms with van der Waals surface area (Å²) in [5.41, 5.74) is 14.3. The Morgan fingerprint density at radius 2 is 1.71 bits per heavy atom. The van der Waals surface area contributed by atoms with Crippen LogP contribution in [0.2, 0.25) is 0 Å². The Balaban J connectivity index is 1.51. The van der Waals surface area contributed by atoms with Crippen LogP contribution in [0.1, 0.15) is 16.7 Å². The molecular formula is C30H23N3O. The van der Waals surface area contributed by atoms with Gasteiger partial charge in [-0.1, -0.05) is 48.5 Å². The van der Waals surface area contributed by atoms with Crippen LogP contribution in [0.3, 0.4) is 0 Å². The number of nitrogens with zero attached hydrogens (tertiary/aromatic N) is 2. The number of rotatable bonds is 5. The highest BCUT2D eigenvalue weighted by molar-refractivity contribution is 6.12. The summed E-state index contributed by atoms with van der Waals surface area (Å²) < 4.78 is 8.37. The van der Waals surface area contributed by atoms with E-state index < -0.39 is 0 Å². The number of benzene rings is 4. The summed E-state index contributed by atoms with van der Waals surface area (Å²) in [4.78, 5) is 0. The lowest BCUT2D eigenvalue weighted by Gasteiger charge is -2.08. The predicted octanol–water partition coefficient (Wildman–Crippen LogP) is 6.63. The maximum Gasteiger partial charge on any atom is 0.136 e. The lowest BCUT2D eigenvalue weighted by atomic mass is 9.97. The summed E-state index contributed by atoms with van der Waals surface area (Å²) >= 11 is 0. The fourth-order valence-corrected chi connectivity index (χ4v) is 4.98. The molecule has 0 aliphatic heterocycles. The number of nitrogens with two attached hydrogens (primary N) is 1. The molecule has 4 aromatic carbocycles. The molecule has 0 spiro atoms. The van der Waals surface area contributed by atoms with E-state index in [4.69, 9.17) is 10.2 Å². The van der Waals surface area contributed by atoms with Crippen molar-refractivity contribution in [1.29, 1.82) is 5.26 Å². The van der Waals surface area contributed by atoms with Crippen LogP contribution in [0, 0.1) is 11.3 Å². The van der Waals surface area contributed by atoms with Crippen LogP contribution in [0.5, 0.6) is 0 Å². The molecule has 0 aliphatic carbocycles. The molecule has 4 heteroatoms. The number of furan rings is 1. The van der Waals surface area contributed by atoms with E-state index in [1.54, 1.807) is 0 Å². The Kier molecular flexibility index (Phi) is 4.91. The topological polar surface area (TPSA) is 67.9 Å². The molecule has 6 aromatic rings. The lowest BCUT2D eigenvalue weighted by molar-refractivity contribution is 0.669. The Hall–Kier alpha value is -4.33. The average Bonchev–Trinajstić information content (AvgIpc) is 3.42. The van der Waals surface area contributed by atoms with E-state index >= 15 is 0 Å². The van der Waals surface area contributed by atoms with E-state index in [0.29, 0.717) is 18.7 Å². The summed E-state index contributed by atoms with van der Waals surface area (Å²) in [6.07, 6.45) is 3.01. The summed E-state index contributed by atoms with van der Waals surface area (Å²) in [6.45, 7) is 1.30. The second-order valence-corrected chi connectivity index (χ2v) is 8.64. The Labute approximate surface area is 197 Å². The smallest absolute Gasteiger partial charge is 0.136 e. The first-order chi connectivity index (χ1) is 16.7. The van der Waals surface area contributed by atoms with Gasteiger partial charge >= 0.3 is 0 Å². The molecule has 0 bridgehead atoms. The number of hydrogen-bond acceptors (Lipinski definition) is 3. The van der Waals surface area contributed by atoms with Crippen molar-refractivity contribution in [3.05, 3.63) is 108 Å². The first-order valence-corrected chi connectivity index (χ1v) is 11.5. The zero-order valence-corrected chi connectivity index (χ0v) is 18.7. The highest BCUT2D eigenvalue weighted by atomic mass is 16.3. The van der Waals surface area contributed by atoms with Crippen LogP contribution < -0.4 is 5.73 Å². The van der Waals surface area contributed by atoms with Gasteiger partial charge in [0, 0.05) is 34.4 Å². The van der Waals surface area contributed by atoms with Crippen LogP contribution in [-0.2, 0) is 13.0 Å². The van der Waals surface area contributed by atoms with Crippen molar-refractivity contribution in [1.82, 2.24) is 4.57 Å². The van der Waals surface area contributed by atoms with Crippen molar-refractivity contribution in [3.8, 4) is 17.2 Å². The van der Waals surface area contributed by atoms with Gasteiger partial charge in [0.2, 0.25) is 0 Å². The highest BCUT2D eigenvalue weighted by Crippen LogP contribution is 2.38. The molecule has 0 saturated carbocycles. The minimum atomic E-state index is 0.592. The van der Waals surface area contributed by atoms with E-state index in [9.17, 15) is 5.26 Å². The van der Waals surface area contributed by atoms with Gasteiger partial charge in [-0.3, -0.25) is 0 Å². The maximum absolute atomic E-state index is 9.26. The minimum absolute atomic E-state index is 0.592. The largest absolute Gasteiger partial charge is 0.456 e. The van der Waals surface area contributed by atoms with Crippen LogP contribution >= 0.6 is 0 Å². The Bertz CT molecular complexity index is 1710. The van der Waals surface area contributed by atoms with Crippen LogP contribution in [0.4, 0.5) is 0 Å². The highest BCUT2D eigenvalue weighted by Gasteiger charge is 2.15. The molecule has 0 fully saturated rings. The van der Waals surface area contributed by atoms with E-state index in [2.05, 4.69) is 65.4 Å². The average molecular weight is 442 g/mol. The van der Waals surface area contributed by atoms with E-state index in [0.717, 1.165) is 45.0 Å². The molecule has 2 N–H and O–H groups in total. The van der Waals surface area contributed by atoms with Gasteiger partial charge in [-0.05, 0) is 71.6 Å².